The van der Waals surface area contributed by atoms with Gasteiger partial charge in [-0.15, -0.1) is 0 Å². The molecule has 0 atom stereocenters. The summed E-state index contributed by atoms with van der Waals surface area (Å²) in [5.74, 6) is -0.973. The van der Waals surface area contributed by atoms with Crippen molar-refractivity contribution in [1.29, 1.82) is 0 Å². The maximum Gasteiger partial charge on any atom is 0.353 e. The standard InChI is InChI=1S/C17H21N3O4/c1-17(2,3)24-15(21)10-20-9-11(7-13(18)16(22)23-4)12-8-19-6-5-14(12)20/h5-9H,10,18H2,1-4H3/b13-7+. The lowest BCUT2D eigenvalue weighted by Crippen LogP contribution is -2.26. The van der Waals surface area contributed by atoms with Crippen LogP contribution in [0.2, 0.25) is 0 Å². The zero-order valence-electron chi connectivity index (χ0n) is 14.2. The number of pyridine rings is 1. The van der Waals surface area contributed by atoms with E-state index < -0.39 is 11.6 Å². The van der Waals surface area contributed by atoms with Gasteiger partial charge >= 0.3 is 11.9 Å². The fourth-order valence-electron chi connectivity index (χ4n) is 2.27. The van der Waals surface area contributed by atoms with E-state index in [4.69, 9.17) is 10.5 Å². The Balaban J connectivity index is 2.39. The monoisotopic (exact) mass is 331 g/mol. The molecule has 0 aliphatic carbocycles. The van der Waals surface area contributed by atoms with Gasteiger partial charge in [-0.1, -0.05) is 0 Å². The molecule has 0 aromatic carbocycles. The van der Waals surface area contributed by atoms with Crippen molar-refractivity contribution in [2.45, 2.75) is 32.9 Å². The number of methoxy groups -OCH3 is 1. The number of nitrogens with zero attached hydrogens (tertiary/aromatic N) is 2. The Kier molecular flexibility index (Phi) is 4.92. The third kappa shape index (κ3) is 4.13. The largest absolute Gasteiger partial charge is 0.464 e. The lowest BCUT2D eigenvalue weighted by Gasteiger charge is -2.19. The second-order valence-corrected chi connectivity index (χ2v) is 6.28. The quantitative estimate of drug-likeness (QED) is 0.678. The molecule has 24 heavy (non-hydrogen) atoms. The van der Waals surface area contributed by atoms with Gasteiger partial charge in [-0.2, -0.15) is 0 Å². The normalized spacial score (nSPS) is 12.2. The summed E-state index contributed by atoms with van der Waals surface area (Å²) in [4.78, 5) is 27.6. The van der Waals surface area contributed by atoms with Crippen molar-refractivity contribution in [3.8, 4) is 0 Å². The number of esters is 2. The molecule has 0 unspecified atom stereocenters. The van der Waals surface area contributed by atoms with Gasteiger partial charge in [-0.25, -0.2) is 4.79 Å². The van der Waals surface area contributed by atoms with Crippen molar-refractivity contribution < 1.29 is 19.1 Å². The average Bonchev–Trinajstić information content (AvgIpc) is 2.82. The molecule has 2 aromatic heterocycles. The molecule has 128 valence electrons. The van der Waals surface area contributed by atoms with Crippen molar-refractivity contribution in [3.63, 3.8) is 0 Å². The van der Waals surface area contributed by atoms with Crippen LogP contribution in [0.4, 0.5) is 0 Å². The Hall–Kier alpha value is -2.83. The van der Waals surface area contributed by atoms with Gasteiger partial charge in [0.1, 0.15) is 17.8 Å². The number of ether oxygens (including phenoxy) is 2. The van der Waals surface area contributed by atoms with Crippen molar-refractivity contribution in [3.05, 3.63) is 35.9 Å². The molecule has 0 fully saturated rings. The number of hydrogen-bond donors (Lipinski definition) is 1. The van der Waals surface area contributed by atoms with E-state index in [1.165, 1.54) is 13.2 Å². The number of hydrogen-bond acceptors (Lipinski definition) is 6. The summed E-state index contributed by atoms with van der Waals surface area (Å²) in [6.45, 7) is 5.49. The highest BCUT2D eigenvalue weighted by molar-refractivity contribution is 5.97. The molecule has 2 aromatic rings. The first-order valence-corrected chi connectivity index (χ1v) is 7.41. The average molecular weight is 331 g/mol. The van der Waals surface area contributed by atoms with Crippen LogP contribution in [0.5, 0.6) is 0 Å². The van der Waals surface area contributed by atoms with E-state index in [1.54, 1.807) is 29.2 Å². The topological polar surface area (TPSA) is 96.4 Å². The van der Waals surface area contributed by atoms with E-state index in [0.717, 1.165) is 10.9 Å². The summed E-state index contributed by atoms with van der Waals surface area (Å²) >= 11 is 0. The first-order valence-electron chi connectivity index (χ1n) is 7.41. The highest BCUT2D eigenvalue weighted by atomic mass is 16.6. The minimum Gasteiger partial charge on any atom is -0.464 e. The number of aromatic nitrogens is 2. The second kappa shape index (κ2) is 6.74. The lowest BCUT2D eigenvalue weighted by molar-refractivity contribution is -0.155. The van der Waals surface area contributed by atoms with Crippen LogP contribution in [0.3, 0.4) is 0 Å². The Morgan fingerprint density at radius 3 is 2.71 bits per heavy atom. The van der Waals surface area contributed by atoms with E-state index in [1.807, 2.05) is 20.8 Å². The summed E-state index contributed by atoms with van der Waals surface area (Å²) < 4.78 is 11.7. The number of carbonyl (C=O) groups is 2. The number of nitrogens with two attached hydrogens (primary N) is 1. The van der Waals surface area contributed by atoms with Crippen LogP contribution < -0.4 is 5.73 Å². The fraction of sp³-hybridized carbons (Fsp3) is 0.353. The fourth-order valence-corrected chi connectivity index (χ4v) is 2.27. The lowest BCUT2D eigenvalue weighted by atomic mass is 10.2. The summed E-state index contributed by atoms with van der Waals surface area (Å²) in [6, 6.07) is 1.78. The van der Waals surface area contributed by atoms with Gasteiger partial charge in [0, 0.05) is 29.5 Å². The Morgan fingerprint density at radius 1 is 1.38 bits per heavy atom. The zero-order valence-corrected chi connectivity index (χ0v) is 14.2. The molecule has 7 heteroatoms. The highest BCUT2D eigenvalue weighted by Crippen LogP contribution is 2.23. The first kappa shape index (κ1) is 17.5. The number of rotatable bonds is 4. The molecule has 0 radical (unpaired) electrons. The molecular weight excluding hydrogens is 310 g/mol. The Labute approximate surface area is 140 Å². The first-order chi connectivity index (χ1) is 11.2. The van der Waals surface area contributed by atoms with Crippen LogP contribution in [-0.4, -0.2) is 34.2 Å². The molecule has 7 nitrogen and oxygen atoms in total. The molecule has 0 spiro atoms. The smallest absolute Gasteiger partial charge is 0.353 e. The van der Waals surface area contributed by atoms with Gasteiger partial charge in [-0.05, 0) is 32.9 Å². The molecule has 2 heterocycles. The minimum atomic E-state index is -0.619. The molecular formula is C17H21N3O4. The number of fused-ring (bicyclic) bond motifs is 1. The predicted molar refractivity (Wildman–Crippen MR) is 89.8 cm³/mol. The summed E-state index contributed by atoms with van der Waals surface area (Å²) in [7, 11) is 1.26. The van der Waals surface area contributed by atoms with Gasteiger partial charge in [-0.3, -0.25) is 9.78 Å². The van der Waals surface area contributed by atoms with E-state index in [0.29, 0.717) is 5.56 Å². The third-order valence-electron chi connectivity index (χ3n) is 3.16. The molecule has 2 rings (SSSR count). The van der Waals surface area contributed by atoms with Gasteiger partial charge in [0.05, 0.1) is 12.6 Å². The van der Waals surface area contributed by atoms with E-state index in [2.05, 4.69) is 9.72 Å². The number of carbonyl (C=O) groups excluding carboxylic acids is 2. The molecule has 0 saturated heterocycles. The van der Waals surface area contributed by atoms with Crippen LogP contribution in [0.15, 0.2) is 30.4 Å². The predicted octanol–water partition coefficient (Wildman–Crippen LogP) is 1.85. The van der Waals surface area contributed by atoms with Gasteiger partial charge in [0.15, 0.2) is 0 Å². The zero-order chi connectivity index (χ0) is 17.9. The van der Waals surface area contributed by atoms with Gasteiger partial charge < -0.3 is 19.8 Å². The van der Waals surface area contributed by atoms with Crippen LogP contribution in [0, 0.1) is 0 Å². The van der Waals surface area contributed by atoms with Crippen LogP contribution in [0.1, 0.15) is 26.3 Å². The molecule has 0 amide bonds. The van der Waals surface area contributed by atoms with E-state index in [9.17, 15) is 9.59 Å². The van der Waals surface area contributed by atoms with Crippen molar-refractivity contribution in [2.24, 2.45) is 5.73 Å². The van der Waals surface area contributed by atoms with Crippen LogP contribution >= 0.6 is 0 Å². The summed E-state index contributed by atoms with van der Waals surface area (Å²) in [6.07, 6.45) is 6.51. The van der Waals surface area contributed by atoms with E-state index >= 15 is 0 Å². The minimum absolute atomic E-state index is 0.0299. The summed E-state index contributed by atoms with van der Waals surface area (Å²) in [5.41, 5.74) is 6.59. The third-order valence-corrected chi connectivity index (χ3v) is 3.16. The molecule has 2 N–H and O–H groups in total. The summed E-state index contributed by atoms with van der Waals surface area (Å²) in [5, 5.41) is 0.771. The van der Waals surface area contributed by atoms with Crippen LogP contribution in [0.25, 0.3) is 17.0 Å². The molecule has 0 aliphatic rings. The molecule has 0 aliphatic heterocycles. The van der Waals surface area contributed by atoms with Gasteiger partial charge in [0.2, 0.25) is 0 Å². The van der Waals surface area contributed by atoms with Gasteiger partial charge in [0.25, 0.3) is 0 Å². The maximum absolute atomic E-state index is 12.1. The Morgan fingerprint density at radius 2 is 2.08 bits per heavy atom. The maximum atomic E-state index is 12.1. The molecule has 0 bridgehead atoms. The highest BCUT2D eigenvalue weighted by Gasteiger charge is 2.18. The SMILES string of the molecule is COC(=O)/C(N)=C\c1cn(CC(=O)OC(C)(C)C)c2ccncc12. The Bertz CT molecular complexity index is 800. The van der Waals surface area contributed by atoms with Crippen molar-refractivity contribution in [1.82, 2.24) is 9.55 Å². The van der Waals surface area contributed by atoms with Crippen LogP contribution in [-0.2, 0) is 25.6 Å². The second-order valence-electron chi connectivity index (χ2n) is 6.28. The van der Waals surface area contributed by atoms with Crippen molar-refractivity contribution >= 4 is 28.9 Å². The van der Waals surface area contributed by atoms with Crippen molar-refractivity contribution in [2.75, 3.05) is 7.11 Å². The van der Waals surface area contributed by atoms with E-state index in [-0.39, 0.29) is 18.2 Å². The molecule has 0 saturated carbocycles.